The first-order chi connectivity index (χ1) is 15.6. The number of nitrogens with zero attached hydrogens (tertiary/aromatic N) is 1. The third kappa shape index (κ3) is 3.95. The molecule has 0 aromatic heterocycles. The van der Waals surface area contributed by atoms with E-state index < -0.39 is 5.60 Å². The van der Waals surface area contributed by atoms with E-state index in [0.29, 0.717) is 5.92 Å². The van der Waals surface area contributed by atoms with Crippen LogP contribution in [0.5, 0.6) is 0 Å². The second kappa shape index (κ2) is 9.44. The van der Waals surface area contributed by atoms with Gasteiger partial charge in [0.1, 0.15) is 6.04 Å². The zero-order valence-corrected chi connectivity index (χ0v) is 18.9. The normalized spacial score (nSPS) is 18.4. The number of rotatable bonds is 8. The predicted octanol–water partition coefficient (Wildman–Crippen LogP) is 7.11. The summed E-state index contributed by atoms with van der Waals surface area (Å²) >= 11 is 0. The van der Waals surface area contributed by atoms with Crippen molar-refractivity contribution in [3.8, 4) is 0 Å². The number of carbonyl (C=O) groups excluding carboxylic acids is 1. The monoisotopic (exact) mass is 425 g/mol. The van der Waals surface area contributed by atoms with E-state index in [1.807, 2.05) is 65.6 Å². The molecule has 4 rings (SSSR count). The van der Waals surface area contributed by atoms with Crippen molar-refractivity contribution in [2.24, 2.45) is 5.92 Å². The van der Waals surface area contributed by atoms with Gasteiger partial charge in [0.05, 0.1) is 0 Å². The lowest BCUT2D eigenvalue weighted by molar-refractivity contribution is 0.0665. The van der Waals surface area contributed by atoms with Gasteiger partial charge < -0.3 is 4.74 Å². The van der Waals surface area contributed by atoms with Crippen molar-refractivity contribution in [2.75, 3.05) is 0 Å². The average Bonchev–Trinajstić information content (AvgIpc) is 3.14. The summed E-state index contributed by atoms with van der Waals surface area (Å²) in [6, 6.07) is 30.2. The fraction of sp³-hybridized carbons (Fsp3) is 0.276. The number of cyclic esters (lactones) is 1. The molecule has 0 saturated carbocycles. The topological polar surface area (TPSA) is 29.5 Å². The molecule has 1 saturated heterocycles. The minimum Gasteiger partial charge on any atom is -0.430 e. The number of carbonyl (C=O) groups is 1. The molecule has 1 fully saturated rings. The first-order valence-corrected chi connectivity index (χ1v) is 11.4. The van der Waals surface area contributed by atoms with Gasteiger partial charge in [-0.3, -0.25) is 4.90 Å². The van der Waals surface area contributed by atoms with Crippen LogP contribution in [0.4, 0.5) is 4.79 Å². The van der Waals surface area contributed by atoms with Crippen LogP contribution in [0.3, 0.4) is 0 Å². The molecular weight excluding hydrogens is 394 g/mol. The Balaban J connectivity index is 1.98. The fourth-order valence-corrected chi connectivity index (χ4v) is 4.97. The maximum Gasteiger partial charge on any atom is 0.412 e. The molecule has 0 bridgehead atoms. The van der Waals surface area contributed by atoms with Crippen LogP contribution in [0, 0.1) is 5.92 Å². The SMILES string of the molecule is C=CC[C@H](CC(C)C)N1C(=O)OC(c2ccccc2)(c2ccccc2)[C@H]1c1ccccc1. The van der Waals surface area contributed by atoms with Gasteiger partial charge in [-0.15, -0.1) is 6.58 Å². The molecule has 32 heavy (non-hydrogen) atoms. The van der Waals surface area contributed by atoms with Crippen LogP contribution in [0.2, 0.25) is 0 Å². The molecule has 0 aliphatic carbocycles. The minimum absolute atomic E-state index is 0.000458. The van der Waals surface area contributed by atoms with E-state index in [9.17, 15) is 4.79 Å². The molecule has 1 aliphatic heterocycles. The Morgan fingerprint density at radius 3 is 1.88 bits per heavy atom. The number of amides is 1. The maximum absolute atomic E-state index is 13.7. The molecule has 1 aliphatic rings. The van der Waals surface area contributed by atoms with Crippen LogP contribution >= 0.6 is 0 Å². The summed E-state index contributed by atoms with van der Waals surface area (Å²) in [6.45, 7) is 8.36. The Kier molecular flexibility index (Phi) is 6.45. The summed E-state index contributed by atoms with van der Waals surface area (Å²) in [5, 5.41) is 0. The summed E-state index contributed by atoms with van der Waals surface area (Å²) in [5.74, 6) is 0.438. The maximum atomic E-state index is 13.7. The van der Waals surface area contributed by atoms with Crippen molar-refractivity contribution in [1.82, 2.24) is 4.90 Å². The van der Waals surface area contributed by atoms with Gasteiger partial charge in [0, 0.05) is 17.2 Å². The lowest BCUT2D eigenvalue weighted by Crippen LogP contribution is -2.42. The standard InChI is InChI=1S/C29H31NO2/c1-4-14-26(21-22(2)3)30-27(23-15-8-5-9-16-23)29(32-28(30)31,24-17-10-6-11-18-24)25-19-12-7-13-20-25/h4-13,15-20,22,26-27H,1,14,21H2,2-3H3/t26-,27-/m1/s1. The Bertz CT molecular complexity index is 991. The third-order valence-corrected chi connectivity index (χ3v) is 6.22. The number of benzene rings is 3. The van der Waals surface area contributed by atoms with Gasteiger partial charge in [0.2, 0.25) is 0 Å². The molecule has 0 spiro atoms. The van der Waals surface area contributed by atoms with E-state index >= 15 is 0 Å². The summed E-state index contributed by atoms with van der Waals surface area (Å²) < 4.78 is 6.46. The zero-order chi connectivity index (χ0) is 22.6. The molecular formula is C29H31NO2. The lowest BCUT2D eigenvalue weighted by atomic mass is 9.76. The summed E-state index contributed by atoms with van der Waals surface area (Å²) in [7, 11) is 0. The van der Waals surface area contributed by atoms with Crippen molar-refractivity contribution in [2.45, 2.75) is 44.4 Å². The van der Waals surface area contributed by atoms with Crippen LogP contribution < -0.4 is 0 Å². The van der Waals surface area contributed by atoms with E-state index in [1.54, 1.807) is 0 Å². The highest BCUT2D eigenvalue weighted by atomic mass is 16.6. The van der Waals surface area contributed by atoms with E-state index in [4.69, 9.17) is 4.74 Å². The molecule has 0 radical (unpaired) electrons. The number of hydrogen-bond acceptors (Lipinski definition) is 2. The number of ether oxygens (including phenoxy) is 1. The highest BCUT2D eigenvalue weighted by Crippen LogP contribution is 2.53. The highest BCUT2D eigenvalue weighted by Gasteiger charge is 2.58. The van der Waals surface area contributed by atoms with Gasteiger partial charge in [0.25, 0.3) is 0 Å². The number of hydrogen-bond donors (Lipinski definition) is 0. The molecule has 3 nitrogen and oxygen atoms in total. The van der Waals surface area contributed by atoms with Gasteiger partial charge in [0.15, 0.2) is 5.60 Å². The zero-order valence-electron chi connectivity index (χ0n) is 18.9. The van der Waals surface area contributed by atoms with Gasteiger partial charge in [-0.25, -0.2) is 4.79 Å². The van der Waals surface area contributed by atoms with Crippen molar-refractivity contribution in [1.29, 1.82) is 0 Å². The molecule has 3 aromatic carbocycles. The predicted molar refractivity (Wildman–Crippen MR) is 129 cm³/mol. The fourth-order valence-electron chi connectivity index (χ4n) is 4.97. The summed E-state index contributed by atoms with van der Waals surface area (Å²) in [4.78, 5) is 15.7. The van der Waals surface area contributed by atoms with Gasteiger partial charge in [-0.05, 0) is 24.3 Å². The van der Waals surface area contributed by atoms with Crippen LogP contribution in [-0.4, -0.2) is 17.0 Å². The molecule has 2 atom stereocenters. The van der Waals surface area contributed by atoms with E-state index in [2.05, 4.69) is 56.8 Å². The van der Waals surface area contributed by atoms with Crippen molar-refractivity contribution in [3.63, 3.8) is 0 Å². The van der Waals surface area contributed by atoms with E-state index in [-0.39, 0.29) is 18.2 Å². The van der Waals surface area contributed by atoms with Crippen molar-refractivity contribution in [3.05, 3.63) is 120 Å². The Labute approximate surface area is 191 Å². The Hall–Kier alpha value is -3.33. The molecule has 1 heterocycles. The minimum atomic E-state index is -0.947. The van der Waals surface area contributed by atoms with Crippen molar-refractivity contribution < 1.29 is 9.53 Å². The van der Waals surface area contributed by atoms with E-state index in [0.717, 1.165) is 29.5 Å². The molecule has 164 valence electrons. The summed E-state index contributed by atoms with van der Waals surface area (Å²) in [6.07, 6.45) is 3.23. The molecule has 0 N–H and O–H groups in total. The Morgan fingerprint density at radius 1 is 0.906 bits per heavy atom. The Morgan fingerprint density at radius 2 is 1.41 bits per heavy atom. The van der Waals surface area contributed by atoms with Crippen LogP contribution in [0.1, 0.15) is 49.4 Å². The second-order valence-corrected chi connectivity index (χ2v) is 8.86. The molecule has 0 unspecified atom stereocenters. The van der Waals surface area contributed by atoms with Gasteiger partial charge >= 0.3 is 6.09 Å². The van der Waals surface area contributed by atoms with Crippen LogP contribution in [0.15, 0.2) is 104 Å². The molecule has 3 heteroatoms. The third-order valence-electron chi connectivity index (χ3n) is 6.22. The first kappa shape index (κ1) is 21.9. The van der Waals surface area contributed by atoms with Gasteiger partial charge in [-0.2, -0.15) is 0 Å². The first-order valence-electron chi connectivity index (χ1n) is 11.4. The van der Waals surface area contributed by atoms with Crippen LogP contribution in [-0.2, 0) is 10.3 Å². The largest absolute Gasteiger partial charge is 0.430 e. The van der Waals surface area contributed by atoms with Crippen molar-refractivity contribution >= 4 is 6.09 Å². The average molecular weight is 426 g/mol. The lowest BCUT2D eigenvalue weighted by Gasteiger charge is -2.39. The molecule has 1 amide bonds. The molecule has 3 aromatic rings. The highest BCUT2D eigenvalue weighted by molar-refractivity contribution is 5.75. The quantitative estimate of drug-likeness (QED) is 0.360. The van der Waals surface area contributed by atoms with Gasteiger partial charge in [-0.1, -0.05) is 111 Å². The smallest absolute Gasteiger partial charge is 0.412 e. The van der Waals surface area contributed by atoms with E-state index in [1.165, 1.54) is 0 Å². The second-order valence-electron chi connectivity index (χ2n) is 8.86. The van der Waals surface area contributed by atoms with Crippen LogP contribution in [0.25, 0.3) is 0 Å². The summed E-state index contributed by atoms with van der Waals surface area (Å²) in [5.41, 5.74) is 2.05.